The third kappa shape index (κ3) is 5.68. The number of rotatable bonds is 9. The molecular weight excluding hydrogens is 625 g/mol. The van der Waals surface area contributed by atoms with Gasteiger partial charge in [-0.25, -0.2) is 0 Å². The first-order chi connectivity index (χ1) is 18.8. The molecule has 212 valence electrons. The first kappa shape index (κ1) is 29.8. The van der Waals surface area contributed by atoms with E-state index in [0.717, 1.165) is 34.0 Å². The van der Waals surface area contributed by atoms with Crippen LogP contribution < -0.4 is 0 Å². The molecule has 40 heavy (non-hydrogen) atoms. The fraction of sp³-hybridized carbons (Fsp3) is 0.406. The van der Waals surface area contributed by atoms with Crippen molar-refractivity contribution in [2.75, 3.05) is 13.2 Å². The van der Waals surface area contributed by atoms with Crippen LogP contribution in [0.1, 0.15) is 60.7 Å². The lowest BCUT2D eigenvalue weighted by Crippen LogP contribution is -2.48. The van der Waals surface area contributed by atoms with Crippen LogP contribution in [0.15, 0.2) is 71.2 Å². The number of halogens is 3. The van der Waals surface area contributed by atoms with Gasteiger partial charge in [0.2, 0.25) is 0 Å². The zero-order valence-electron chi connectivity index (χ0n) is 23.7. The quantitative estimate of drug-likeness (QED) is 0.215. The lowest BCUT2D eigenvalue weighted by Gasteiger charge is -2.41. The van der Waals surface area contributed by atoms with Crippen molar-refractivity contribution >= 4 is 53.4 Å². The van der Waals surface area contributed by atoms with E-state index in [0.29, 0.717) is 35.4 Å². The summed E-state index contributed by atoms with van der Waals surface area (Å²) in [6.45, 7) is 12.9. The first-order valence-electron chi connectivity index (χ1n) is 13.7. The number of ether oxygens (including phenoxy) is 1. The minimum atomic E-state index is -1.92. The smallest absolute Gasteiger partial charge is 0.257 e. The van der Waals surface area contributed by atoms with Crippen LogP contribution in [0.25, 0.3) is 0 Å². The highest BCUT2D eigenvalue weighted by molar-refractivity contribution is 9.10. The molecule has 1 aliphatic carbocycles. The summed E-state index contributed by atoms with van der Waals surface area (Å²) < 4.78 is 14.6. The first-order valence-corrected chi connectivity index (χ1v) is 18.1. The Balaban J connectivity index is 1.56. The lowest BCUT2D eigenvalue weighted by molar-refractivity contribution is -0.128. The molecule has 8 heteroatoms. The summed E-state index contributed by atoms with van der Waals surface area (Å²) >= 11 is 16.1. The Hall–Kier alpha value is -1.67. The molecular formula is C32H36BrCl2NO3Si. The molecule has 2 aliphatic rings. The minimum Gasteiger partial charge on any atom is -0.416 e. The van der Waals surface area contributed by atoms with Crippen molar-refractivity contribution in [2.45, 2.75) is 64.0 Å². The van der Waals surface area contributed by atoms with Crippen molar-refractivity contribution in [3.63, 3.8) is 0 Å². The van der Waals surface area contributed by atoms with Crippen LogP contribution in [0.3, 0.4) is 0 Å². The predicted octanol–water partition coefficient (Wildman–Crippen LogP) is 9.43. The van der Waals surface area contributed by atoms with Gasteiger partial charge in [0.15, 0.2) is 14.0 Å². The van der Waals surface area contributed by atoms with E-state index in [1.165, 1.54) is 0 Å². The molecule has 3 aromatic rings. The average Bonchev–Trinajstić information content (AvgIpc) is 3.64. The third-order valence-electron chi connectivity index (χ3n) is 8.78. The molecule has 3 aromatic carbocycles. The number of hydrogen-bond donors (Lipinski definition) is 0. The van der Waals surface area contributed by atoms with Crippen molar-refractivity contribution < 1.29 is 14.0 Å². The summed E-state index contributed by atoms with van der Waals surface area (Å²) in [6, 6.07) is 21.1. The average molecular weight is 662 g/mol. The number of carbonyl (C=O) groups excluding carboxylic acids is 1. The number of nitrogens with zero attached hydrogens (tertiary/aromatic N) is 1. The Bertz CT molecular complexity index is 1400. The van der Waals surface area contributed by atoms with E-state index in [4.69, 9.17) is 32.4 Å². The van der Waals surface area contributed by atoms with Gasteiger partial charge in [0, 0.05) is 49.8 Å². The standard InChI is InChI=1S/C32H36BrCl2NO3Si/c1-30(2,3)40(4,5)39-21-31(16-17-31)20-38-32(23-8-13-26(35)14-9-23)28-15-10-24(33)18-27(28)29(37)36(32)19-22-6-11-25(34)12-7-22/h6-15,18H,16-17,19-21H2,1-5H3. The number of amides is 1. The number of fused-ring (bicyclic) bond motifs is 1. The highest BCUT2D eigenvalue weighted by atomic mass is 79.9. The van der Waals surface area contributed by atoms with E-state index in [1.54, 1.807) is 0 Å². The van der Waals surface area contributed by atoms with E-state index in [-0.39, 0.29) is 16.4 Å². The van der Waals surface area contributed by atoms with Crippen LogP contribution >= 0.6 is 39.1 Å². The van der Waals surface area contributed by atoms with Crippen LogP contribution in [0, 0.1) is 5.41 Å². The van der Waals surface area contributed by atoms with E-state index < -0.39 is 14.0 Å². The van der Waals surface area contributed by atoms with Gasteiger partial charge in [-0.3, -0.25) is 9.69 Å². The summed E-state index contributed by atoms with van der Waals surface area (Å²) in [4.78, 5) is 16.0. The largest absolute Gasteiger partial charge is 0.416 e. The molecule has 0 radical (unpaired) electrons. The summed E-state index contributed by atoms with van der Waals surface area (Å²) in [7, 11) is -1.92. The van der Waals surface area contributed by atoms with Crippen LogP contribution in [0.4, 0.5) is 0 Å². The highest BCUT2D eigenvalue weighted by Gasteiger charge is 2.55. The summed E-state index contributed by atoms with van der Waals surface area (Å²) in [5.74, 6) is -0.0800. The number of hydrogen-bond acceptors (Lipinski definition) is 3. The summed E-state index contributed by atoms with van der Waals surface area (Å²) in [5.41, 5.74) is 2.10. The molecule has 1 amide bonds. The van der Waals surface area contributed by atoms with Crippen molar-refractivity contribution in [1.29, 1.82) is 0 Å². The summed E-state index contributed by atoms with van der Waals surface area (Å²) in [5, 5.41) is 1.42. The van der Waals surface area contributed by atoms with Gasteiger partial charge in [-0.1, -0.05) is 90.2 Å². The third-order valence-corrected chi connectivity index (χ3v) is 14.3. The fourth-order valence-corrected chi connectivity index (χ4v) is 6.63. The monoisotopic (exact) mass is 659 g/mol. The van der Waals surface area contributed by atoms with Gasteiger partial charge in [0.25, 0.3) is 5.91 Å². The maximum Gasteiger partial charge on any atom is 0.257 e. The maximum atomic E-state index is 14.1. The molecule has 5 rings (SSSR count). The van der Waals surface area contributed by atoms with Crippen LogP contribution in [-0.4, -0.2) is 32.3 Å². The molecule has 0 bridgehead atoms. The van der Waals surface area contributed by atoms with Gasteiger partial charge in [0.05, 0.1) is 6.61 Å². The van der Waals surface area contributed by atoms with E-state index in [9.17, 15) is 4.79 Å². The van der Waals surface area contributed by atoms with Crippen LogP contribution in [0.2, 0.25) is 28.2 Å². The predicted molar refractivity (Wildman–Crippen MR) is 168 cm³/mol. The second-order valence-electron chi connectivity index (χ2n) is 12.7. The van der Waals surface area contributed by atoms with Gasteiger partial charge >= 0.3 is 0 Å². The number of benzene rings is 3. The normalized spacial score (nSPS) is 20.1. The Kier molecular flexibility index (Phi) is 8.10. The van der Waals surface area contributed by atoms with E-state index in [1.807, 2.05) is 71.6 Å². The van der Waals surface area contributed by atoms with Gasteiger partial charge in [-0.05, 0) is 72.9 Å². The molecule has 0 saturated heterocycles. The fourth-order valence-electron chi connectivity index (χ4n) is 4.92. The Labute approximate surface area is 257 Å². The van der Waals surface area contributed by atoms with E-state index in [2.05, 4.69) is 49.8 Å². The van der Waals surface area contributed by atoms with Crippen LogP contribution in [0.5, 0.6) is 0 Å². The van der Waals surface area contributed by atoms with Gasteiger partial charge in [-0.2, -0.15) is 0 Å². The maximum absolute atomic E-state index is 14.1. The van der Waals surface area contributed by atoms with Crippen molar-refractivity contribution in [3.8, 4) is 0 Å². The SMILES string of the molecule is CC(C)(C)[Si](C)(C)OCC1(COC2(c3ccc(Cl)cc3)c3ccc(Br)cc3C(=O)N2Cc2ccc(Cl)cc2)CC1. The van der Waals surface area contributed by atoms with Gasteiger partial charge in [0.1, 0.15) is 0 Å². The molecule has 0 aromatic heterocycles. The van der Waals surface area contributed by atoms with Crippen molar-refractivity contribution in [1.82, 2.24) is 4.90 Å². The number of carbonyl (C=O) groups is 1. The zero-order chi connectivity index (χ0) is 28.9. The van der Waals surface area contributed by atoms with Gasteiger partial charge in [-0.15, -0.1) is 0 Å². The molecule has 1 heterocycles. The second kappa shape index (κ2) is 10.9. The Morgan fingerprint density at radius 2 is 1.52 bits per heavy atom. The van der Waals surface area contributed by atoms with Crippen molar-refractivity contribution in [3.05, 3.63) is 104 Å². The van der Waals surface area contributed by atoms with Gasteiger partial charge < -0.3 is 9.16 Å². The molecule has 1 unspecified atom stereocenters. The molecule has 1 fully saturated rings. The highest BCUT2D eigenvalue weighted by Crippen LogP contribution is 2.53. The Morgan fingerprint density at radius 1 is 0.925 bits per heavy atom. The molecule has 0 spiro atoms. The molecule has 0 N–H and O–H groups in total. The minimum absolute atomic E-state index is 0.0674. The van der Waals surface area contributed by atoms with Crippen molar-refractivity contribution in [2.24, 2.45) is 5.41 Å². The molecule has 1 saturated carbocycles. The molecule has 1 aliphatic heterocycles. The summed E-state index contributed by atoms with van der Waals surface area (Å²) in [6.07, 6.45) is 2.08. The zero-order valence-corrected chi connectivity index (χ0v) is 27.8. The van der Waals surface area contributed by atoms with Crippen LogP contribution in [-0.2, 0) is 21.4 Å². The Morgan fingerprint density at radius 3 is 2.10 bits per heavy atom. The second-order valence-corrected chi connectivity index (χ2v) is 19.3. The topological polar surface area (TPSA) is 38.8 Å². The lowest BCUT2D eigenvalue weighted by atomic mass is 9.92. The molecule has 4 nitrogen and oxygen atoms in total. The molecule has 1 atom stereocenters. The van der Waals surface area contributed by atoms with E-state index >= 15 is 0 Å².